The number of aliphatic hydroxyl groups excluding tert-OH is 1. The molecule has 0 radical (unpaired) electrons. The van der Waals surface area contributed by atoms with Crippen molar-refractivity contribution in [1.29, 1.82) is 0 Å². The standard InChI is InChI=1S/C13H20N4OS/c1-4-8(18)7-15-11-10-6-9(5-2)19-12(10)17-13(14-3)16-11/h6,8,18H,4-5,7H2,1-3H3,(H2,14,15,16,17). The van der Waals surface area contributed by atoms with Gasteiger partial charge in [0.25, 0.3) is 0 Å². The van der Waals surface area contributed by atoms with Crippen molar-refractivity contribution in [3.8, 4) is 0 Å². The predicted molar refractivity (Wildman–Crippen MR) is 81.1 cm³/mol. The second kappa shape index (κ2) is 6.16. The summed E-state index contributed by atoms with van der Waals surface area (Å²) in [4.78, 5) is 11.2. The lowest BCUT2D eigenvalue weighted by molar-refractivity contribution is 0.183. The number of hydrogen-bond acceptors (Lipinski definition) is 6. The molecule has 0 fully saturated rings. The lowest BCUT2D eigenvalue weighted by Gasteiger charge is -2.11. The first-order valence-corrected chi connectivity index (χ1v) is 7.39. The quantitative estimate of drug-likeness (QED) is 0.758. The van der Waals surface area contributed by atoms with Gasteiger partial charge < -0.3 is 15.7 Å². The Morgan fingerprint density at radius 2 is 2.16 bits per heavy atom. The maximum atomic E-state index is 9.65. The van der Waals surface area contributed by atoms with Gasteiger partial charge in [-0.25, -0.2) is 4.98 Å². The Kier molecular flexibility index (Phi) is 4.55. The summed E-state index contributed by atoms with van der Waals surface area (Å²) in [6.45, 7) is 4.59. The Labute approximate surface area is 117 Å². The van der Waals surface area contributed by atoms with Crippen molar-refractivity contribution in [2.75, 3.05) is 24.2 Å². The molecule has 0 amide bonds. The van der Waals surface area contributed by atoms with Gasteiger partial charge in [0.05, 0.1) is 11.5 Å². The van der Waals surface area contributed by atoms with Gasteiger partial charge in [-0.2, -0.15) is 4.98 Å². The Morgan fingerprint density at radius 3 is 2.79 bits per heavy atom. The molecule has 0 bridgehead atoms. The van der Waals surface area contributed by atoms with E-state index in [1.54, 1.807) is 18.4 Å². The van der Waals surface area contributed by atoms with E-state index in [-0.39, 0.29) is 6.10 Å². The highest BCUT2D eigenvalue weighted by Crippen LogP contribution is 2.30. The third kappa shape index (κ3) is 3.13. The molecule has 1 atom stereocenters. The Hall–Kier alpha value is -1.40. The third-order valence-corrected chi connectivity index (χ3v) is 4.17. The van der Waals surface area contributed by atoms with E-state index in [4.69, 9.17) is 0 Å². The first-order valence-electron chi connectivity index (χ1n) is 6.58. The minimum atomic E-state index is -0.354. The Morgan fingerprint density at radius 1 is 1.37 bits per heavy atom. The summed E-state index contributed by atoms with van der Waals surface area (Å²) in [6, 6.07) is 2.13. The van der Waals surface area contributed by atoms with E-state index < -0.39 is 0 Å². The molecule has 104 valence electrons. The smallest absolute Gasteiger partial charge is 0.225 e. The molecule has 6 heteroatoms. The molecule has 0 aromatic carbocycles. The molecular formula is C13H20N4OS. The average Bonchev–Trinajstić information content (AvgIpc) is 2.86. The van der Waals surface area contributed by atoms with Crippen molar-refractivity contribution in [2.45, 2.75) is 32.8 Å². The maximum absolute atomic E-state index is 9.65. The van der Waals surface area contributed by atoms with Crippen molar-refractivity contribution in [3.05, 3.63) is 10.9 Å². The number of thiophene rings is 1. The largest absolute Gasteiger partial charge is 0.391 e. The van der Waals surface area contributed by atoms with Gasteiger partial charge in [0.15, 0.2) is 0 Å². The molecule has 2 aromatic heterocycles. The van der Waals surface area contributed by atoms with Gasteiger partial charge in [-0.1, -0.05) is 13.8 Å². The highest BCUT2D eigenvalue weighted by Gasteiger charge is 2.11. The van der Waals surface area contributed by atoms with Gasteiger partial charge in [0.1, 0.15) is 10.6 Å². The first kappa shape index (κ1) is 14.0. The van der Waals surface area contributed by atoms with Crippen LogP contribution in [0, 0.1) is 0 Å². The van der Waals surface area contributed by atoms with E-state index >= 15 is 0 Å². The molecule has 2 rings (SSSR count). The summed E-state index contributed by atoms with van der Waals surface area (Å²) in [7, 11) is 1.81. The van der Waals surface area contributed by atoms with Crippen LogP contribution in [0.5, 0.6) is 0 Å². The topological polar surface area (TPSA) is 70.1 Å². The van der Waals surface area contributed by atoms with Crippen LogP contribution in [0.1, 0.15) is 25.1 Å². The number of anilines is 2. The van der Waals surface area contributed by atoms with E-state index in [1.807, 2.05) is 6.92 Å². The van der Waals surface area contributed by atoms with Crippen LogP contribution in [0.2, 0.25) is 0 Å². The zero-order valence-electron chi connectivity index (χ0n) is 11.5. The average molecular weight is 280 g/mol. The molecule has 0 spiro atoms. The van der Waals surface area contributed by atoms with Crippen LogP contribution >= 0.6 is 11.3 Å². The van der Waals surface area contributed by atoms with Crippen LogP contribution in [0.25, 0.3) is 10.2 Å². The summed E-state index contributed by atoms with van der Waals surface area (Å²) in [5, 5.41) is 16.9. The predicted octanol–water partition coefficient (Wildman–Crippen LogP) is 2.48. The Bertz CT molecular complexity index is 555. The lowest BCUT2D eigenvalue weighted by atomic mass is 10.2. The van der Waals surface area contributed by atoms with E-state index in [2.05, 4.69) is 33.6 Å². The van der Waals surface area contributed by atoms with E-state index in [1.165, 1.54) is 4.88 Å². The van der Waals surface area contributed by atoms with Crippen LogP contribution in [0.15, 0.2) is 6.07 Å². The van der Waals surface area contributed by atoms with Crippen LogP contribution in [0.4, 0.5) is 11.8 Å². The molecule has 2 heterocycles. The number of hydrogen-bond donors (Lipinski definition) is 3. The monoisotopic (exact) mass is 280 g/mol. The zero-order valence-corrected chi connectivity index (χ0v) is 12.3. The number of nitrogens with zero attached hydrogens (tertiary/aromatic N) is 2. The molecule has 19 heavy (non-hydrogen) atoms. The van der Waals surface area contributed by atoms with Crippen molar-refractivity contribution < 1.29 is 5.11 Å². The molecule has 5 nitrogen and oxygen atoms in total. The van der Waals surface area contributed by atoms with E-state index in [9.17, 15) is 5.11 Å². The number of aryl methyl sites for hydroxylation is 1. The normalized spacial score (nSPS) is 12.6. The van der Waals surface area contributed by atoms with Crippen LogP contribution in [0.3, 0.4) is 0 Å². The SMILES string of the molecule is CCc1cc2c(NCC(O)CC)nc(NC)nc2s1. The number of nitrogens with one attached hydrogen (secondary N) is 2. The van der Waals surface area contributed by atoms with Gasteiger partial charge in [-0.05, 0) is 18.9 Å². The van der Waals surface area contributed by atoms with Crippen molar-refractivity contribution >= 4 is 33.3 Å². The van der Waals surface area contributed by atoms with Gasteiger partial charge in [-0.3, -0.25) is 0 Å². The van der Waals surface area contributed by atoms with Crippen molar-refractivity contribution in [1.82, 2.24) is 9.97 Å². The molecule has 0 aliphatic heterocycles. The number of aromatic nitrogens is 2. The molecule has 2 aromatic rings. The van der Waals surface area contributed by atoms with E-state index in [0.717, 1.165) is 28.9 Å². The molecule has 0 aliphatic carbocycles. The van der Waals surface area contributed by atoms with E-state index in [0.29, 0.717) is 12.5 Å². The second-order valence-corrected chi connectivity index (χ2v) is 5.49. The molecule has 0 saturated carbocycles. The fraction of sp³-hybridized carbons (Fsp3) is 0.538. The van der Waals surface area contributed by atoms with Crippen LogP contribution in [-0.4, -0.2) is 34.8 Å². The van der Waals surface area contributed by atoms with Crippen molar-refractivity contribution in [3.63, 3.8) is 0 Å². The highest BCUT2D eigenvalue weighted by molar-refractivity contribution is 7.18. The Balaban J connectivity index is 2.35. The van der Waals surface area contributed by atoms with Crippen LogP contribution < -0.4 is 10.6 Å². The van der Waals surface area contributed by atoms with Gasteiger partial charge >= 0.3 is 0 Å². The molecule has 1 unspecified atom stereocenters. The minimum Gasteiger partial charge on any atom is -0.391 e. The summed E-state index contributed by atoms with van der Waals surface area (Å²) in [6.07, 6.45) is 1.36. The number of aliphatic hydroxyl groups is 1. The maximum Gasteiger partial charge on any atom is 0.225 e. The van der Waals surface area contributed by atoms with Crippen LogP contribution in [-0.2, 0) is 6.42 Å². The lowest BCUT2D eigenvalue weighted by Crippen LogP contribution is -2.19. The van der Waals surface area contributed by atoms with Gasteiger partial charge in [0, 0.05) is 18.5 Å². The third-order valence-electron chi connectivity index (χ3n) is 2.99. The fourth-order valence-corrected chi connectivity index (χ4v) is 2.72. The van der Waals surface area contributed by atoms with Gasteiger partial charge in [0.2, 0.25) is 5.95 Å². The summed E-state index contributed by atoms with van der Waals surface area (Å²) < 4.78 is 0. The summed E-state index contributed by atoms with van der Waals surface area (Å²) in [5.41, 5.74) is 0. The second-order valence-electron chi connectivity index (χ2n) is 4.37. The number of rotatable bonds is 6. The highest BCUT2D eigenvalue weighted by atomic mass is 32.1. The fourth-order valence-electron chi connectivity index (χ4n) is 1.75. The zero-order chi connectivity index (χ0) is 13.8. The first-order chi connectivity index (χ1) is 9.17. The summed E-state index contributed by atoms with van der Waals surface area (Å²) in [5.74, 6) is 1.39. The minimum absolute atomic E-state index is 0.354. The van der Waals surface area contributed by atoms with Gasteiger partial charge in [-0.15, -0.1) is 11.3 Å². The van der Waals surface area contributed by atoms with Crippen molar-refractivity contribution in [2.24, 2.45) is 0 Å². The summed E-state index contributed by atoms with van der Waals surface area (Å²) >= 11 is 1.69. The molecular weight excluding hydrogens is 260 g/mol. The molecule has 0 aliphatic rings. The molecule has 3 N–H and O–H groups in total. The number of fused-ring (bicyclic) bond motifs is 1. The molecule has 0 saturated heterocycles.